The fourth-order valence-corrected chi connectivity index (χ4v) is 5.68. The van der Waals surface area contributed by atoms with Crippen molar-refractivity contribution < 1.29 is 8.42 Å². The third-order valence-electron chi connectivity index (χ3n) is 4.36. The molecule has 158 valence electrons. The topological polar surface area (TPSA) is 74.3 Å². The van der Waals surface area contributed by atoms with Gasteiger partial charge in [-0.3, -0.25) is 4.90 Å². The van der Waals surface area contributed by atoms with Crippen molar-refractivity contribution in [2.75, 3.05) is 38.2 Å². The Morgan fingerprint density at radius 2 is 2.14 bits per heavy atom. The molecule has 1 aliphatic rings. The highest BCUT2D eigenvalue weighted by Crippen LogP contribution is 2.19. The second-order valence-corrected chi connectivity index (χ2v) is 10.9. The lowest BCUT2D eigenvalue weighted by atomic mass is 10.3. The monoisotopic (exact) mass is 444 g/mol. The van der Waals surface area contributed by atoms with Crippen LogP contribution in [0.25, 0.3) is 0 Å². The maximum Gasteiger partial charge on any atom is 0.175 e. The van der Waals surface area contributed by atoms with Crippen LogP contribution >= 0.6 is 23.1 Å². The van der Waals surface area contributed by atoms with Gasteiger partial charge in [0, 0.05) is 42.7 Å². The van der Waals surface area contributed by atoms with Crippen LogP contribution in [0.4, 0.5) is 0 Å². The molecule has 1 saturated heterocycles. The van der Waals surface area contributed by atoms with Crippen LogP contribution < -0.4 is 10.6 Å². The highest BCUT2D eigenvalue weighted by Gasteiger charge is 2.16. The number of nitrogens with zero attached hydrogens (tertiary/aromatic N) is 2. The fraction of sp³-hybridized carbons (Fsp3) is 0.632. The van der Waals surface area contributed by atoms with Gasteiger partial charge in [-0.15, -0.1) is 17.9 Å². The van der Waals surface area contributed by atoms with Crippen LogP contribution in [0, 0.1) is 0 Å². The maximum absolute atomic E-state index is 12.0. The molecular weight excluding hydrogens is 412 g/mol. The summed E-state index contributed by atoms with van der Waals surface area (Å²) in [6.45, 7) is 10.3. The number of nitrogens with one attached hydrogen (secondary N) is 2. The smallest absolute Gasteiger partial charge is 0.175 e. The van der Waals surface area contributed by atoms with Crippen molar-refractivity contribution in [3.8, 4) is 0 Å². The predicted octanol–water partition coefficient (Wildman–Crippen LogP) is 2.96. The molecule has 6 nitrogen and oxygen atoms in total. The molecule has 0 aromatic carbocycles. The van der Waals surface area contributed by atoms with Gasteiger partial charge in [0.15, 0.2) is 9.84 Å². The Hall–Kier alpha value is -1.03. The number of thiazole rings is 1. The summed E-state index contributed by atoms with van der Waals surface area (Å²) < 4.78 is 24.1. The maximum atomic E-state index is 12.0. The molecule has 9 heteroatoms. The summed E-state index contributed by atoms with van der Waals surface area (Å²) in [7, 11) is -3.28. The van der Waals surface area contributed by atoms with Crippen molar-refractivity contribution in [3.05, 3.63) is 39.5 Å². The van der Waals surface area contributed by atoms with Gasteiger partial charge in [0.25, 0.3) is 0 Å². The molecular formula is C19H32N4O2S3. The molecule has 1 aliphatic heterocycles. The molecule has 0 unspecified atom stereocenters. The van der Waals surface area contributed by atoms with Gasteiger partial charge in [-0.05, 0) is 32.9 Å². The van der Waals surface area contributed by atoms with Crippen LogP contribution in [0.1, 0.15) is 36.9 Å². The summed E-state index contributed by atoms with van der Waals surface area (Å²) >= 11 is 3.55. The highest BCUT2D eigenvalue weighted by atomic mass is 32.2. The molecule has 0 atom stereocenters. The standard InChI is InChI=1S/C19H32N4O2S3/c1-4-8-17(28(3,24)25)19(20-5-2)21-9-12-26-14-16-15-27-18(22-16)13-23-10-6-7-11-23/h4,15,20-21H,1,5-14H2,2-3H3. The highest BCUT2D eigenvalue weighted by molar-refractivity contribution is 7.98. The zero-order chi connectivity index (χ0) is 20.4. The van der Waals surface area contributed by atoms with Gasteiger partial charge < -0.3 is 10.6 Å². The average Bonchev–Trinajstić information content (AvgIpc) is 3.30. The molecule has 0 saturated carbocycles. The lowest BCUT2D eigenvalue weighted by Crippen LogP contribution is -2.31. The third kappa shape index (κ3) is 7.77. The Morgan fingerprint density at radius 1 is 1.39 bits per heavy atom. The van der Waals surface area contributed by atoms with Crippen molar-refractivity contribution in [2.24, 2.45) is 0 Å². The van der Waals surface area contributed by atoms with Crippen LogP contribution in [0.5, 0.6) is 0 Å². The van der Waals surface area contributed by atoms with E-state index in [2.05, 4.69) is 27.5 Å². The quantitative estimate of drug-likeness (QED) is 0.358. The zero-order valence-electron chi connectivity index (χ0n) is 16.9. The third-order valence-corrected chi connectivity index (χ3v) is 7.51. The minimum absolute atomic E-state index is 0.319. The first-order chi connectivity index (χ1) is 13.4. The van der Waals surface area contributed by atoms with Crippen molar-refractivity contribution in [3.63, 3.8) is 0 Å². The van der Waals surface area contributed by atoms with E-state index in [0.717, 1.165) is 23.7 Å². The van der Waals surface area contributed by atoms with E-state index in [1.165, 1.54) is 37.2 Å². The molecule has 2 N–H and O–H groups in total. The van der Waals surface area contributed by atoms with Gasteiger partial charge >= 0.3 is 0 Å². The molecule has 1 fully saturated rings. The number of thioether (sulfide) groups is 1. The Bertz CT molecular complexity index is 753. The fourth-order valence-electron chi connectivity index (χ4n) is 3.05. The van der Waals surface area contributed by atoms with Gasteiger partial charge in [-0.25, -0.2) is 13.4 Å². The van der Waals surface area contributed by atoms with E-state index in [0.29, 0.717) is 30.2 Å². The van der Waals surface area contributed by atoms with Crippen LogP contribution in [0.2, 0.25) is 0 Å². The van der Waals surface area contributed by atoms with E-state index in [1.54, 1.807) is 29.2 Å². The molecule has 0 bridgehead atoms. The second-order valence-electron chi connectivity index (χ2n) is 6.79. The largest absolute Gasteiger partial charge is 0.371 e. The minimum atomic E-state index is -3.28. The Kier molecular flexibility index (Phi) is 9.84. The zero-order valence-corrected chi connectivity index (χ0v) is 19.3. The van der Waals surface area contributed by atoms with Gasteiger partial charge in [-0.1, -0.05) is 6.08 Å². The summed E-state index contributed by atoms with van der Waals surface area (Å²) in [5.41, 5.74) is 1.13. The number of hydrogen-bond acceptors (Lipinski definition) is 8. The van der Waals surface area contributed by atoms with E-state index in [4.69, 9.17) is 4.98 Å². The second kappa shape index (κ2) is 11.8. The Labute approximate surface area is 177 Å². The first-order valence-electron chi connectivity index (χ1n) is 9.69. The predicted molar refractivity (Wildman–Crippen MR) is 121 cm³/mol. The van der Waals surface area contributed by atoms with Crippen LogP contribution in [-0.4, -0.2) is 56.5 Å². The number of sulfone groups is 1. The molecule has 0 amide bonds. The summed E-state index contributed by atoms with van der Waals surface area (Å²) in [6.07, 6.45) is 5.78. The molecule has 2 heterocycles. The lowest BCUT2D eigenvalue weighted by molar-refractivity contribution is 0.330. The number of hydrogen-bond donors (Lipinski definition) is 2. The molecule has 0 radical (unpaired) electrons. The summed E-state index contributed by atoms with van der Waals surface area (Å²) in [5, 5.41) is 9.74. The molecule has 28 heavy (non-hydrogen) atoms. The molecule has 1 aromatic heterocycles. The van der Waals surface area contributed by atoms with Gasteiger partial charge in [0.1, 0.15) is 10.8 Å². The van der Waals surface area contributed by atoms with Gasteiger partial charge in [0.05, 0.1) is 17.1 Å². The van der Waals surface area contributed by atoms with E-state index < -0.39 is 9.84 Å². The van der Waals surface area contributed by atoms with E-state index >= 15 is 0 Å². The van der Waals surface area contributed by atoms with Crippen LogP contribution in [0.3, 0.4) is 0 Å². The summed E-state index contributed by atoms with van der Waals surface area (Å²) in [5.74, 6) is 2.34. The van der Waals surface area contributed by atoms with Gasteiger partial charge in [0.2, 0.25) is 0 Å². The number of aromatic nitrogens is 1. The Balaban J connectivity index is 1.78. The van der Waals surface area contributed by atoms with Crippen LogP contribution in [-0.2, 0) is 22.1 Å². The summed E-state index contributed by atoms with van der Waals surface area (Å²) in [6, 6.07) is 0. The first kappa shape index (κ1) is 23.3. The van der Waals surface area contributed by atoms with Crippen LogP contribution in [0.15, 0.2) is 28.8 Å². The van der Waals surface area contributed by atoms with Crippen molar-refractivity contribution in [2.45, 2.75) is 38.5 Å². The Morgan fingerprint density at radius 3 is 2.79 bits per heavy atom. The van der Waals surface area contributed by atoms with E-state index in [1.807, 2.05) is 6.92 Å². The number of rotatable bonds is 13. The number of allylic oxidation sites excluding steroid dienone is 2. The summed E-state index contributed by atoms with van der Waals surface area (Å²) in [4.78, 5) is 7.57. The molecule has 1 aromatic rings. The first-order valence-corrected chi connectivity index (χ1v) is 13.6. The SMILES string of the molecule is C=CCC(=C(NCC)NCCSCc1csc(CN2CCCC2)n1)S(C)(=O)=O. The normalized spacial score (nSPS) is 16.1. The lowest BCUT2D eigenvalue weighted by Gasteiger charge is -2.16. The molecule has 0 spiro atoms. The van der Waals surface area contributed by atoms with Crippen molar-refractivity contribution in [1.29, 1.82) is 0 Å². The molecule has 0 aliphatic carbocycles. The van der Waals surface area contributed by atoms with Gasteiger partial charge in [-0.2, -0.15) is 11.8 Å². The van der Waals surface area contributed by atoms with Crippen molar-refractivity contribution in [1.82, 2.24) is 20.5 Å². The van der Waals surface area contributed by atoms with Crippen molar-refractivity contribution >= 4 is 32.9 Å². The number of likely N-dealkylation sites (tertiary alicyclic amines) is 1. The molecule has 2 rings (SSSR count). The average molecular weight is 445 g/mol. The van der Waals surface area contributed by atoms with E-state index in [9.17, 15) is 8.42 Å². The minimum Gasteiger partial charge on any atom is -0.371 e. The van der Waals surface area contributed by atoms with E-state index in [-0.39, 0.29) is 0 Å².